The molecule has 1 aromatic heterocycles. The van der Waals surface area contributed by atoms with Crippen LogP contribution in [-0.2, 0) is 9.84 Å². The molecule has 2 rings (SSSR count). The van der Waals surface area contributed by atoms with E-state index in [0.29, 0.717) is 4.88 Å². The molecule has 0 saturated heterocycles. The average Bonchev–Trinajstić information content (AvgIpc) is 2.93. The molecule has 1 N–H and O–H groups in total. The highest BCUT2D eigenvalue weighted by molar-refractivity contribution is 7.91. The Labute approximate surface area is 120 Å². The molecule has 0 atom stereocenters. The number of sulfone groups is 1. The van der Waals surface area contributed by atoms with Gasteiger partial charge in [-0.1, -0.05) is 6.07 Å². The largest absolute Gasteiger partial charge is 0.350 e. The Balaban J connectivity index is 1.93. The number of nitrogens with one attached hydrogen (secondary N) is 1. The fourth-order valence-electron chi connectivity index (χ4n) is 1.55. The molecule has 0 aliphatic carbocycles. The van der Waals surface area contributed by atoms with Crippen LogP contribution in [0, 0.1) is 5.82 Å². The Bertz CT molecular complexity index is 679. The minimum Gasteiger partial charge on any atom is -0.350 e. The first-order valence-corrected chi connectivity index (χ1v) is 8.32. The number of hydrogen-bond donors (Lipinski definition) is 1. The van der Waals surface area contributed by atoms with E-state index in [-0.39, 0.29) is 23.1 Å². The van der Waals surface area contributed by atoms with Crippen molar-refractivity contribution in [1.82, 2.24) is 5.32 Å². The second-order valence-corrected chi connectivity index (χ2v) is 7.06. The fourth-order valence-corrected chi connectivity index (χ4v) is 3.35. The van der Waals surface area contributed by atoms with E-state index in [0.717, 1.165) is 12.1 Å². The molecule has 0 bridgehead atoms. The van der Waals surface area contributed by atoms with Crippen molar-refractivity contribution in [2.75, 3.05) is 12.3 Å². The highest BCUT2D eigenvalue weighted by Crippen LogP contribution is 2.12. The first-order chi connectivity index (χ1) is 9.49. The van der Waals surface area contributed by atoms with Crippen LogP contribution in [0.25, 0.3) is 0 Å². The summed E-state index contributed by atoms with van der Waals surface area (Å²) < 4.78 is 36.6. The van der Waals surface area contributed by atoms with Crippen molar-refractivity contribution in [3.05, 3.63) is 52.5 Å². The summed E-state index contributed by atoms with van der Waals surface area (Å²) in [5, 5.41) is 4.31. The van der Waals surface area contributed by atoms with Gasteiger partial charge in [0.25, 0.3) is 5.91 Å². The zero-order valence-electron chi connectivity index (χ0n) is 10.4. The van der Waals surface area contributed by atoms with Gasteiger partial charge in [0.2, 0.25) is 0 Å². The highest BCUT2D eigenvalue weighted by Gasteiger charge is 2.15. The van der Waals surface area contributed by atoms with Crippen LogP contribution in [-0.4, -0.2) is 26.6 Å². The summed E-state index contributed by atoms with van der Waals surface area (Å²) in [7, 11) is -3.52. The number of benzene rings is 1. The van der Waals surface area contributed by atoms with Crippen LogP contribution in [0.15, 0.2) is 46.7 Å². The summed E-state index contributed by atoms with van der Waals surface area (Å²) in [4.78, 5) is 12.2. The van der Waals surface area contributed by atoms with Crippen LogP contribution in [0.4, 0.5) is 4.39 Å². The Hall–Kier alpha value is -1.73. The van der Waals surface area contributed by atoms with E-state index in [1.807, 2.05) is 0 Å². The van der Waals surface area contributed by atoms with Gasteiger partial charge in [-0.05, 0) is 35.7 Å². The Morgan fingerprint density at radius 3 is 2.50 bits per heavy atom. The van der Waals surface area contributed by atoms with E-state index in [2.05, 4.69) is 5.32 Å². The van der Waals surface area contributed by atoms with Gasteiger partial charge in [-0.25, -0.2) is 12.8 Å². The second kappa shape index (κ2) is 6.15. The Kier molecular flexibility index (Phi) is 4.51. The van der Waals surface area contributed by atoms with Gasteiger partial charge in [0, 0.05) is 6.54 Å². The van der Waals surface area contributed by atoms with Crippen molar-refractivity contribution in [1.29, 1.82) is 0 Å². The van der Waals surface area contributed by atoms with Crippen molar-refractivity contribution < 1.29 is 17.6 Å². The maximum Gasteiger partial charge on any atom is 0.261 e. The predicted molar refractivity (Wildman–Crippen MR) is 75.1 cm³/mol. The summed E-state index contributed by atoms with van der Waals surface area (Å²) in [5.74, 6) is -1.01. The third kappa shape index (κ3) is 3.64. The predicted octanol–water partition coefficient (Wildman–Crippen LogP) is 2.09. The molecular formula is C13H12FNO3S2. The van der Waals surface area contributed by atoms with Crippen LogP contribution in [0.5, 0.6) is 0 Å². The number of rotatable bonds is 5. The van der Waals surface area contributed by atoms with Gasteiger partial charge in [0.1, 0.15) is 5.82 Å². The van der Waals surface area contributed by atoms with Crippen LogP contribution in [0.2, 0.25) is 0 Å². The molecule has 0 radical (unpaired) electrons. The number of halogens is 1. The number of carbonyl (C=O) groups excluding carboxylic acids is 1. The molecule has 0 aliphatic rings. The van der Waals surface area contributed by atoms with Crippen LogP contribution >= 0.6 is 11.3 Å². The summed E-state index contributed by atoms with van der Waals surface area (Å²) in [6.07, 6.45) is 0. The Morgan fingerprint density at radius 1 is 1.20 bits per heavy atom. The molecule has 7 heteroatoms. The van der Waals surface area contributed by atoms with E-state index >= 15 is 0 Å². The van der Waals surface area contributed by atoms with E-state index in [9.17, 15) is 17.6 Å². The quantitative estimate of drug-likeness (QED) is 0.860. The minimum atomic E-state index is -3.52. The average molecular weight is 313 g/mol. The standard InChI is InChI=1S/C13H12FNO3S2/c14-10-3-5-11(6-4-10)20(17,18)9-7-15-13(16)12-2-1-8-19-12/h1-6,8H,7,9H2,(H,15,16). The lowest BCUT2D eigenvalue weighted by Gasteiger charge is -2.05. The van der Waals surface area contributed by atoms with E-state index in [1.165, 1.54) is 23.5 Å². The van der Waals surface area contributed by atoms with Gasteiger partial charge >= 0.3 is 0 Å². The van der Waals surface area contributed by atoms with Crippen LogP contribution in [0.1, 0.15) is 9.67 Å². The van der Waals surface area contributed by atoms with Gasteiger partial charge in [-0.15, -0.1) is 11.3 Å². The zero-order valence-corrected chi connectivity index (χ0v) is 12.0. The van der Waals surface area contributed by atoms with Gasteiger partial charge in [-0.2, -0.15) is 0 Å². The van der Waals surface area contributed by atoms with Gasteiger partial charge < -0.3 is 5.32 Å². The first-order valence-electron chi connectivity index (χ1n) is 5.79. The molecule has 1 aromatic carbocycles. The molecule has 4 nitrogen and oxygen atoms in total. The SMILES string of the molecule is O=C(NCCS(=O)(=O)c1ccc(F)cc1)c1cccs1. The second-order valence-electron chi connectivity index (χ2n) is 4.01. The maximum absolute atomic E-state index is 12.7. The molecule has 0 aliphatic heterocycles. The smallest absolute Gasteiger partial charge is 0.261 e. The normalized spacial score (nSPS) is 11.2. The zero-order chi connectivity index (χ0) is 14.6. The highest BCUT2D eigenvalue weighted by atomic mass is 32.2. The van der Waals surface area contributed by atoms with Gasteiger partial charge in [0.05, 0.1) is 15.5 Å². The van der Waals surface area contributed by atoms with E-state index in [1.54, 1.807) is 17.5 Å². The van der Waals surface area contributed by atoms with Crippen LogP contribution in [0.3, 0.4) is 0 Å². The summed E-state index contributed by atoms with van der Waals surface area (Å²) in [6.45, 7) is 0.0104. The minimum absolute atomic E-state index is 0.0104. The molecule has 20 heavy (non-hydrogen) atoms. The van der Waals surface area contributed by atoms with Gasteiger partial charge in [-0.3, -0.25) is 4.79 Å². The molecule has 0 fully saturated rings. The molecule has 0 unspecified atom stereocenters. The first kappa shape index (κ1) is 14.7. The van der Waals surface area contributed by atoms with Crippen molar-refractivity contribution >= 4 is 27.1 Å². The van der Waals surface area contributed by atoms with E-state index in [4.69, 9.17) is 0 Å². The molecule has 0 saturated carbocycles. The molecule has 1 heterocycles. The summed E-state index contributed by atoms with van der Waals surface area (Å²) in [6, 6.07) is 8.02. The van der Waals surface area contributed by atoms with Crippen molar-refractivity contribution in [2.24, 2.45) is 0 Å². The number of hydrogen-bond acceptors (Lipinski definition) is 4. The van der Waals surface area contributed by atoms with Crippen molar-refractivity contribution in [3.63, 3.8) is 0 Å². The maximum atomic E-state index is 12.7. The third-order valence-electron chi connectivity index (χ3n) is 2.57. The Morgan fingerprint density at radius 2 is 1.90 bits per heavy atom. The lowest BCUT2D eigenvalue weighted by Crippen LogP contribution is -2.28. The molecule has 1 amide bonds. The molecule has 2 aromatic rings. The van der Waals surface area contributed by atoms with Crippen molar-refractivity contribution in [2.45, 2.75) is 4.90 Å². The van der Waals surface area contributed by atoms with E-state index < -0.39 is 15.7 Å². The third-order valence-corrected chi connectivity index (χ3v) is 5.17. The molecular weight excluding hydrogens is 301 g/mol. The summed E-state index contributed by atoms with van der Waals surface area (Å²) in [5.41, 5.74) is 0. The van der Waals surface area contributed by atoms with Crippen LogP contribution < -0.4 is 5.32 Å². The summed E-state index contributed by atoms with van der Waals surface area (Å²) >= 11 is 1.28. The number of thiophene rings is 1. The topological polar surface area (TPSA) is 63.2 Å². The van der Waals surface area contributed by atoms with Gasteiger partial charge in [0.15, 0.2) is 9.84 Å². The molecule has 0 spiro atoms. The number of carbonyl (C=O) groups is 1. The monoisotopic (exact) mass is 313 g/mol. The lowest BCUT2D eigenvalue weighted by molar-refractivity contribution is 0.0960. The molecule has 106 valence electrons. The van der Waals surface area contributed by atoms with Crippen molar-refractivity contribution in [3.8, 4) is 0 Å². The lowest BCUT2D eigenvalue weighted by atomic mass is 10.4. The fraction of sp³-hybridized carbons (Fsp3) is 0.154. The number of amides is 1.